The third-order valence-corrected chi connectivity index (χ3v) is 17.4. The minimum absolute atomic E-state index is 0.160. The predicted molar refractivity (Wildman–Crippen MR) is 339 cm³/mol. The van der Waals surface area contributed by atoms with E-state index < -0.39 is 17.2 Å². The van der Waals surface area contributed by atoms with Gasteiger partial charge in [0, 0.05) is 17.0 Å². The normalized spacial score (nSPS) is 13.1. The van der Waals surface area contributed by atoms with Gasteiger partial charge in [-0.15, -0.1) is 0 Å². The maximum Gasteiger partial charge on any atom is 0.463 e. The Balaban J connectivity index is 1.68. The summed E-state index contributed by atoms with van der Waals surface area (Å²) in [4.78, 5) is 0. The summed E-state index contributed by atoms with van der Waals surface area (Å²) in [5.74, 6) is 3.47. The van der Waals surface area contributed by atoms with Gasteiger partial charge in [0.05, 0.1) is 13.2 Å². The van der Waals surface area contributed by atoms with Crippen molar-refractivity contribution in [2.75, 3.05) is 13.2 Å². The first-order valence-corrected chi connectivity index (χ1v) is 33.9. The topological polar surface area (TPSA) is 55.4 Å². The fourth-order valence-electron chi connectivity index (χ4n) is 10.5. The highest BCUT2D eigenvalue weighted by atomic mass is 31.2. The van der Waals surface area contributed by atoms with Crippen LogP contribution in [0.5, 0.6) is 23.0 Å². The van der Waals surface area contributed by atoms with Crippen LogP contribution >= 0.6 is 17.2 Å². The molecule has 0 spiro atoms. The van der Waals surface area contributed by atoms with Crippen molar-refractivity contribution in [3.63, 3.8) is 0 Å². The fraction of sp³-hybridized carbons (Fsp3) is 0.657. The van der Waals surface area contributed by atoms with Gasteiger partial charge < -0.3 is 18.1 Å². The van der Waals surface area contributed by atoms with Gasteiger partial charge in [-0.3, -0.25) is 9.05 Å². The van der Waals surface area contributed by atoms with Gasteiger partial charge in [0.15, 0.2) is 0 Å². The Morgan fingerprint density at radius 2 is 0.731 bits per heavy atom. The second kappa shape index (κ2) is 37.8. The lowest BCUT2D eigenvalue weighted by Crippen LogP contribution is -2.17. The Labute approximate surface area is 482 Å². The molecule has 0 aliphatic heterocycles. The third kappa shape index (κ3) is 25.3. The Morgan fingerprint density at radius 3 is 1.08 bits per heavy atom. The summed E-state index contributed by atoms with van der Waals surface area (Å²) in [5, 5.41) is 0. The summed E-state index contributed by atoms with van der Waals surface area (Å²) < 4.78 is 40.9. The number of unbranched alkanes of at least 4 members (excludes halogenated alkanes) is 20. The summed E-state index contributed by atoms with van der Waals surface area (Å²) in [6.07, 6.45) is 33.9. The molecule has 0 saturated carbocycles. The van der Waals surface area contributed by atoms with E-state index in [2.05, 4.69) is 163 Å². The first-order valence-electron chi connectivity index (χ1n) is 31.7. The van der Waals surface area contributed by atoms with Crippen LogP contribution in [0.25, 0.3) is 0 Å². The van der Waals surface area contributed by atoms with E-state index in [1.165, 1.54) is 162 Å². The predicted octanol–water partition coefficient (Wildman–Crippen LogP) is 23.8. The molecule has 0 heterocycles. The Bertz CT molecular complexity index is 2070. The average Bonchev–Trinajstić information content (AvgIpc) is 3.45. The van der Waals surface area contributed by atoms with Gasteiger partial charge in [0.1, 0.15) is 23.0 Å². The van der Waals surface area contributed by atoms with E-state index in [1.54, 1.807) is 0 Å². The lowest BCUT2D eigenvalue weighted by Gasteiger charge is -2.31. The third-order valence-electron chi connectivity index (χ3n) is 15.2. The zero-order chi connectivity index (χ0) is 56.6. The maximum absolute atomic E-state index is 7.04. The second-order valence-electron chi connectivity index (χ2n) is 24.6. The molecule has 0 saturated heterocycles. The van der Waals surface area contributed by atoms with Crippen molar-refractivity contribution in [2.24, 2.45) is 0 Å². The first kappa shape index (κ1) is 67.4. The number of hydrogen-bond donors (Lipinski definition) is 0. The van der Waals surface area contributed by atoms with Crippen LogP contribution in [0.15, 0.2) is 72.8 Å². The van der Waals surface area contributed by atoms with Crippen molar-refractivity contribution in [3.8, 4) is 23.0 Å². The Hall–Kier alpha value is -3.14. The minimum atomic E-state index is -1.73. The molecular formula is C70H112O6P2. The molecule has 8 heteroatoms. The van der Waals surface area contributed by atoms with E-state index in [4.69, 9.17) is 27.1 Å². The van der Waals surface area contributed by atoms with Gasteiger partial charge in [0.2, 0.25) is 0 Å². The number of benzene rings is 4. The van der Waals surface area contributed by atoms with Crippen molar-refractivity contribution in [1.82, 2.24) is 0 Å². The number of rotatable bonds is 42. The number of hydrogen-bond acceptors (Lipinski definition) is 6. The van der Waals surface area contributed by atoms with Crippen molar-refractivity contribution < 1.29 is 27.1 Å². The zero-order valence-electron chi connectivity index (χ0n) is 52.1. The highest BCUT2D eigenvalue weighted by Gasteiger charge is 2.31. The monoisotopic (exact) mass is 1110 g/mol. The van der Waals surface area contributed by atoms with Crippen LogP contribution in [-0.4, -0.2) is 13.2 Å². The summed E-state index contributed by atoms with van der Waals surface area (Å²) in [6.45, 7) is 30.9. The molecule has 4 aromatic carbocycles. The molecule has 0 N–H and O–H groups in total. The van der Waals surface area contributed by atoms with E-state index >= 15 is 0 Å². The van der Waals surface area contributed by atoms with Crippen LogP contribution in [0.2, 0.25) is 0 Å². The zero-order valence-corrected chi connectivity index (χ0v) is 53.9. The largest absolute Gasteiger partial charge is 0.463 e. The van der Waals surface area contributed by atoms with Crippen LogP contribution in [0.4, 0.5) is 0 Å². The van der Waals surface area contributed by atoms with E-state index in [-0.39, 0.29) is 16.7 Å². The molecule has 438 valence electrons. The Kier molecular flexibility index (Phi) is 32.6. The van der Waals surface area contributed by atoms with E-state index in [9.17, 15) is 0 Å². The smallest absolute Gasteiger partial charge is 0.418 e. The molecule has 4 aromatic rings. The van der Waals surface area contributed by atoms with Crippen molar-refractivity contribution >= 4 is 17.2 Å². The van der Waals surface area contributed by atoms with Gasteiger partial charge in [-0.05, 0) is 139 Å². The van der Waals surface area contributed by atoms with E-state index in [1.807, 2.05) is 0 Å². The maximum atomic E-state index is 7.04. The van der Waals surface area contributed by atoms with Crippen molar-refractivity contribution in [3.05, 3.63) is 117 Å². The summed E-state index contributed by atoms with van der Waals surface area (Å²) >= 11 is 0. The molecule has 2 unspecified atom stereocenters. The van der Waals surface area contributed by atoms with Crippen LogP contribution in [0, 0.1) is 13.8 Å². The van der Waals surface area contributed by atoms with E-state index in [0.29, 0.717) is 13.2 Å². The van der Waals surface area contributed by atoms with Crippen molar-refractivity contribution in [1.29, 1.82) is 0 Å². The van der Waals surface area contributed by atoms with Crippen molar-refractivity contribution in [2.45, 2.75) is 287 Å². The van der Waals surface area contributed by atoms with Crippen LogP contribution in [0.1, 0.15) is 294 Å². The lowest BCUT2D eigenvalue weighted by atomic mass is 9.76. The lowest BCUT2D eigenvalue weighted by molar-refractivity contribution is 0.256. The molecule has 6 nitrogen and oxygen atoms in total. The molecule has 0 fully saturated rings. The van der Waals surface area contributed by atoms with Crippen LogP contribution in [-0.2, 0) is 32.7 Å². The first-order chi connectivity index (χ1) is 37.6. The molecule has 78 heavy (non-hydrogen) atoms. The van der Waals surface area contributed by atoms with E-state index in [0.717, 1.165) is 85.5 Å². The van der Waals surface area contributed by atoms with Gasteiger partial charge in [-0.1, -0.05) is 247 Å². The number of aryl methyl sites for hydroxylation is 4. The van der Waals surface area contributed by atoms with Gasteiger partial charge in [-0.2, -0.15) is 0 Å². The molecule has 0 radical (unpaired) electrons. The summed E-state index contributed by atoms with van der Waals surface area (Å²) in [6, 6.07) is 26.7. The fourth-order valence-corrected chi connectivity index (χ4v) is 12.5. The average molecular weight is 1110 g/mol. The SMILES string of the molecule is CCCCCCCCOP(Oc1cccc(CCCCCCCC)c1)Oc1cc(C)c(C(CCC)c2cc(C(C)(C)C)c(OP(OCCCCCCCC)Oc3cccc(CCCCCCCC)c3)cc2C)cc1C(C)(C)C. The van der Waals surface area contributed by atoms with Gasteiger partial charge in [0.25, 0.3) is 0 Å². The summed E-state index contributed by atoms with van der Waals surface area (Å²) in [5.41, 5.74) is 9.59. The van der Waals surface area contributed by atoms with Gasteiger partial charge in [-0.25, -0.2) is 0 Å². The standard InChI is InChI=1S/C70H112O6P2/c1-14-19-23-27-31-35-42-58-44-39-46-60(52-58)73-77(71-48-37-33-29-25-21-16-3)75-67-50-56(6)63(54-65(67)69(8,9)10)62(41-18-5)64-55-66(70(11,12)13)68(51-57(64)7)76-78(72-49-38-34-30-26-22-17-4)74-61-47-40-45-59(53-61)43-36-32-28-24-20-15-2/h39-40,44-47,50-55,62H,14-38,41-43,48-49H2,1-13H3. The highest BCUT2D eigenvalue weighted by molar-refractivity contribution is 7.42. The molecule has 0 amide bonds. The van der Waals surface area contributed by atoms with Gasteiger partial charge >= 0.3 is 17.2 Å². The molecule has 0 bridgehead atoms. The van der Waals surface area contributed by atoms with Crippen LogP contribution in [0.3, 0.4) is 0 Å². The Morgan fingerprint density at radius 1 is 0.385 bits per heavy atom. The molecule has 4 rings (SSSR count). The molecule has 0 aliphatic rings. The molecule has 0 aliphatic carbocycles. The minimum Gasteiger partial charge on any atom is -0.418 e. The van der Waals surface area contributed by atoms with Crippen LogP contribution < -0.4 is 18.1 Å². The summed E-state index contributed by atoms with van der Waals surface area (Å²) in [7, 11) is -3.45. The molecule has 0 aromatic heterocycles. The molecule has 2 atom stereocenters. The highest BCUT2D eigenvalue weighted by Crippen LogP contribution is 2.50. The quantitative estimate of drug-likeness (QED) is 0.0326. The molecular weight excluding hydrogens is 999 g/mol. The second-order valence-corrected chi connectivity index (χ2v) is 26.7.